The van der Waals surface area contributed by atoms with Crippen molar-refractivity contribution in [3.8, 4) is 0 Å². The van der Waals surface area contributed by atoms with Crippen LogP contribution in [0.4, 0.5) is 5.82 Å². The Hall–Kier alpha value is -2.57. The van der Waals surface area contributed by atoms with Crippen molar-refractivity contribution in [3.05, 3.63) is 41.4 Å². The van der Waals surface area contributed by atoms with Crippen LogP contribution >= 0.6 is 0 Å². The Morgan fingerprint density at radius 3 is 2.62 bits per heavy atom. The van der Waals surface area contributed by atoms with Gasteiger partial charge in [-0.2, -0.15) is 0 Å². The van der Waals surface area contributed by atoms with Gasteiger partial charge >= 0.3 is 5.97 Å². The summed E-state index contributed by atoms with van der Waals surface area (Å²) in [6, 6.07) is 0.574. The summed E-state index contributed by atoms with van der Waals surface area (Å²) >= 11 is 0. The molecular weight excluding hydrogens is 330 g/mol. The van der Waals surface area contributed by atoms with Gasteiger partial charge in [-0.1, -0.05) is 20.8 Å². The van der Waals surface area contributed by atoms with Gasteiger partial charge in [0.25, 0.3) is 0 Å². The van der Waals surface area contributed by atoms with Crippen molar-refractivity contribution >= 4 is 11.8 Å². The van der Waals surface area contributed by atoms with Gasteiger partial charge in [-0.05, 0) is 12.8 Å². The molecule has 0 aliphatic carbocycles. The molecule has 2 aromatic rings. The molecule has 2 unspecified atom stereocenters. The van der Waals surface area contributed by atoms with E-state index in [-0.39, 0.29) is 17.2 Å². The van der Waals surface area contributed by atoms with E-state index in [1.165, 1.54) is 18.9 Å². The van der Waals surface area contributed by atoms with Crippen molar-refractivity contribution in [1.82, 2.24) is 19.9 Å². The maximum atomic E-state index is 11.6. The molecule has 1 fully saturated rings. The van der Waals surface area contributed by atoms with Crippen LogP contribution in [-0.2, 0) is 16.6 Å². The monoisotopic (exact) mass is 353 g/mol. The van der Waals surface area contributed by atoms with E-state index in [1.54, 1.807) is 6.20 Å². The van der Waals surface area contributed by atoms with Crippen LogP contribution in [0.15, 0.2) is 18.6 Å². The van der Waals surface area contributed by atoms with Gasteiger partial charge in [0.15, 0.2) is 5.69 Å². The number of fused-ring (bicyclic) bond motifs is 4. The molecule has 4 heterocycles. The largest absolute Gasteiger partial charge is 0.464 e. The summed E-state index contributed by atoms with van der Waals surface area (Å²) in [6.07, 6.45) is 8.15. The second kappa shape index (κ2) is 6.00. The third-order valence-corrected chi connectivity index (χ3v) is 5.16. The predicted molar refractivity (Wildman–Crippen MR) is 96.0 cm³/mol. The van der Waals surface area contributed by atoms with E-state index >= 15 is 0 Å². The normalized spacial score (nSPS) is 21.5. The number of anilines is 1. The van der Waals surface area contributed by atoms with E-state index in [2.05, 4.69) is 45.4 Å². The highest BCUT2D eigenvalue weighted by molar-refractivity contribution is 5.86. The number of carbonyl (C=O) groups is 1. The highest BCUT2D eigenvalue weighted by Crippen LogP contribution is 2.45. The van der Waals surface area contributed by atoms with Gasteiger partial charge < -0.3 is 9.64 Å². The Bertz CT molecular complexity index is 844. The standard InChI is InChI=1S/C19H23N5O2/c1-19(2,3)18-22-8-12-13(23-18)7-11-5-6-15(12)24(11)16-10-20-14(9-21-16)17(25)26-4/h8-11,15H,5-7H2,1-4H3. The van der Waals surface area contributed by atoms with E-state index in [1.807, 2.05) is 6.20 Å². The molecule has 4 rings (SSSR count). The quantitative estimate of drug-likeness (QED) is 0.768. The first-order valence-electron chi connectivity index (χ1n) is 8.93. The van der Waals surface area contributed by atoms with Crippen LogP contribution in [0, 0.1) is 0 Å². The lowest BCUT2D eigenvalue weighted by molar-refractivity contribution is 0.0593. The number of methoxy groups -OCH3 is 1. The average Bonchev–Trinajstić information content (AvgIpc) is 2.94. The Kier molecular flexibility index (Phi) is 3.89. The molecular formula is C19H23N5O2. The van der Waals surface area contributed by atoms with Crippen LogP contribution in [0.5, 0.6) is 0 Å². The summed E-state index contributed by atoms with van der Waals surface area (Å²) in [6.45, 7) is 6.41. The molecule has 7 heteroatoms. The third kappa shape index (κ3) is 2.71. The second-order valence-electron chi connectivity index (χ2n) is 7.96. The average molecular weight is 353 g/mol. The van der Waals surface area contributed by atoms with Crippen LogP contribution < -0.4 is 4.90 Å². The van der Waals surface area contributed by atoms with Gasteiger partial charge in [0.2, 0.25) is 0 Å². The lowest BCUT2D eigenvalue weighted by atomic mass is 9.93. The molecule has 2 atom stereocenters. The van der Waals surface area contributed by atoms with Gasteiger partial charge in [0, 0.05) is 29.6 Å². The first-order valence-corrected chi connectivity index (χ1v) is 8.93. The van der Waals surface area contributed by atoms with Crippen molar-refractivity contribution in [2.75, 3.05) is 12.0 Å². The SMILES string of the molecule is COC(=O)c1cnc(N2C3CCC2c2cnc(C(C)(C)C)nc2C3)cn1. The molecule has 1 saturated heterocycles. The fraction of sp³-hybridized carbons (Fsp3) is 0.526. The molecule has 2 aliphatic heterocycles. The van der Waals surface area contributed by atoms with Crippen LogP contribution in [0.25, 0.3) is 0 Å². The second-order valence-corrected chi connectivity index (χ2v) is 7.96. The molecule has 0 radical (unpaired) electrons. The minimum absolute atomic E-state index is 0.0552. The molecule has 0 N–H and O–H groups in total. The molecule has 7 nitrogen and oxygen atoms in total. The summed E-state index contributed by atoms with van der Waals surface area (Å²) in [7, 11) is 1.34. The van der Waals surface area contributed by atoms with Gasteiger partial charge in [-0.15, -0.1) is 0 Å². The minimum Gasteiger partial charge on any atom is -0.464 e. The Morgan fingerprint density at radius 2 is 1.96 bits per heavy atom. The smallest absolute Gasteiger partial charge is 0.358 e. The van der Waals surface area contributed by atoms with E-state index in [0.29, 0.717) is 6.04 Å². The lowest BCUT2D eigenvalue weighted by Crippen LogP contribution is -2.39. The zero-order valence-corrected chi connectivity index (χ0v) is 15.6. The number of ether oxygens (including phenoxy) is 1. The molecule has 26 heavy (non-hydrogen) atoms. The number of hydrogen-bond acceptors (Lipinski definition) is 7. The van der Waals surface area contributed by atoms with E-state index in [9.17, 15) is 4.79 Å². The third-order valence-electron chi connectivity index (χ3n) is 5.16. The van der Waals surface area contributed by atoms with Crippen molar-refractivity contribution < 1.29 is 9.53 Å². The number of aromatic nitrogens is 4. The van der Waals surface area contributed by atoms with E-state index < -0.39 is 5.97 Å². The molecule has 2 bridgehead atoms. The maximum Gasteiger partial charge on any atom is 0.358 e. The molecule has 0 saturated carbocycles. The van der Waals surface area contributed by atoms with Gasteiger partial charge in [0.05, 0.1) is 31.2 Å². The molecule has 0 aromatic carbocycles. The summed E-state index contributed by atoms with van der Waals surface area (Å²) in [5.74, 6) is 1.21. The summed E-state index contributed by atoms with van der Waals surface area (Å²) < 4.78 is 4.69. The molecule has 136 valence electrons. The number of rotatable bonds is 2. The fourth-order valence-corrected chi connectivity index (χ4v) is 3.85. The zero-order valence-electron chi connectivity index (χ0n) is 15.6. The highest BCUT2D eigenvalue weighted by Gasteiger charge is 2.42. The lowest BCUT2D eigenvalue weighted by Gasteiger charge is -2.36. The Balaban J connectivity index is 1.66. The topological polar surface area (TPSA) is 81.1 Å². The highest BCUT2D eigenvalue weighted by atomic mass is 16.5. The predicted octanol–water partition coefficient (Wildman–Crippen LogP) is 2.62. The summed E-state index contributed by atoms with van der Waals surface area (Å²) in [5, 5.41) is 0. The molecule has 2 aliphatic rings. The summed E-state index contributed by atoms with van der Waals surface area (Å²) in [4.78, 5) is 32.0. The van der Waals surface area contributed by atoms with Crippen LogP contribution in [-0.4, -0.2) is 39.1 Å². The number of nitrogens with zero attached hydrogens (tertiary/aromatic N) is 5. The van der Waals surface area contributed by atoms with Gasteiger partial charge in [-0.3, -0.25) is 0 Å². The maximum absolute atomic E-state index is 11.6. The van der Waals surface area contributed by atoms with Crippen molar-refractivity contribution in [2.24, 2.45) is 0 Å². The molecule has 0 amide bonds. The van der Waals surface area contributed by atoms with Crippen molar-refractivity contribution in [3.63, 3.8) is 0 Å². The number of hydrogen-bond donors (Lipinski definition) is 0. The van der Waals surface area contributed by atoms with Crippen LogP contribution in [0.3, 0.4) is 0 Å². The van der Waals surface area contributed by atoms with Crippen molar-refractivity contribution in [1.29, 1.82) is 0 Å². The molecule has 0 spiro atoms. The summed E-state index contributed by atoms with van der Waals surface area (Å²) in [5.41, 5.74) is 2.51. The van der Waals surface area contributed by atoms with E-state index in [4.69, 9.17) is 4.98 Å². The first-order chi connectivity index (χ1) is 12.4. The van der Waals surface area contributed by atoms with Crippen LogP contribution in [0.1, 0.15) is 67.2 Å². The van der Waals surface area contributed by atoms with Crippen LogP contribution in [0.2, 0.25) is 0 Å². The first kappa shape index (κ1) is 16.9. The fourth-order valence-electron chi connectivity index (χ4n) is 3.85. The zero-order chi connectivity index (χ0) is 18.5. The Labute approximate surface area is 152 Å². The van der Waals surface area contributed by atoms with Gasteiger partial charge in [-0.25, -0.2) is 24.7 Å². The number of carbonyl (C=O) groups excluding carboxylic acids is 1. The number of esters is 1. The Morgan fingerprint density at radius 1 is 1.15 bits per heavy atom. The van der Waals surface area contributed by atoms with Crippen molar-refractivity contribution in [2.45, 2.75) is 57.5 Å². The van der Waals surface area contributed by atoms with Gasteiger partial charge in [0.1, 0.15) is 11.6 Å². The molecule has 2 aromatic heterocycles. The minimum atomic E-state index is -0.473. The van der Waals surface area contributed by atoms with E-state index in [0.717, 1.165) is 36.6 Å².